The highest BCUT2D eigenvalue weighted by atomic mass is 35.5. The van der Waals surface area contributed by atoms with Crippen LogP contribution in [0.2, 0.25) is 5.02 Å². The molecular weight excluding hydrogens is 328 g/mol. The summed E-state index contributed by atoms with van der Waals surface area (Å²) in [5.41, 5.74) is -0.136. The zero-order valence-electron chi connectivity index (χ0n) is 13.6. The van der Waals surface area contributed by atoms with Gasteiger partial charge in [0.2, 0.25) is 0 Å². The van der Waals surface area contributed by atoms with Crippen LogP contribution in [0, 0.1) is 0 Å². The number of nitrogens with zero attached hydrogens (tertiary/aromatic N) is 3. The summed E-state index contributed by atoms with van der Waals surface area (Å²) in [5.74, 6) is 1.43. The van der Waals surface area contributed by atoms with Crippen LogP contribution in [0.15, 0.2) is 41.2 Å². The molecule has 1 aromatic carbocycles. The lowest BCUT2D eigenvalue weighted by Crippen LogP contribution is -2.44. The van der Waals surface area contributed by atoms with Crippen LogP contribution < -0.4 is 20.5 Å². The first-order valence-corrected chi connectivity index (χ1v) is 8.46. The zero-order valence-corrected chi connectivity index (χ0v) is 14.4. The van der Waals surface area contributed by atoms with Crippen molar-refractivity contribution in [2.45, 2.75) is 19.6 Å². The number of hydrogen-bond donors (Lipinski definition) is 1. The van der Waals surface area contributed by atoms with E-state index in [4.69, 9.17) is 16.3 Å². The SMILES string of the molecule is C[C@@H](Cn1nc(N2CCNCC2)ccc1=O)Oc1ccccc1Cl. The summed E-state index contributed by atoms with van der Waals surface area (Å²) in [5, 5.41) is 8.35. The van der Waals surface area contributed by atoms with Crippen LogP contribution in [-0.4, -0.2) is 42.1 Å². The molecule has 2 aromatic rings. The van der Waals surface area contributed by atoms with Gasteiger partial charge in [-0.15, -0.1) is 0 Å². The molecule has 3 rings (SSSR count). The molecule has 0 spiro atoms. The molecule has 1 saturated heterocycles. The van der Waals surface area contributed by atoms with Crippen molar-refractivity contribution in [1.29, 1.82) is 0 Å². The molecule has 1 fully saturated rings. The van der Waals surface area contributed by atoms with E-state index in [-0.39, 0.29) is 11.7 Å². The molecule has 1 aromatic heterocycles. The number of aromatic nitrogens is 2. The Balaban J connectivity index is 1.71. The molecule has 0 aliphatic carbocycles. The van der Waals surface area contributed by atoms with Crippen LogP contribution >= 0.6 is 11.6 Å². The normalized spacial score (nSPS) is 16.0. The lowest BCUT2D eigenvalue weighted by Gasteiger charge is -2.28. The third-order valence-corrected chi connectivity index (χ3v) is 4.20. The molecule has 1 N–H and O–H groups in total. The monoisotopic (exact) mass is 348 g/mol. The Hall–Kier alpha value is -2.05. The third kappa shape index (κ3) is 4.07. The second kappa shape index (κ2) is 7.68. The quantitative estimate of drug-likeness (QED) is 0.892. The average Bonchev–Trinajstić information content (AvgIpc) is 2.60. The molecule has 7 heteroatoms. The topological polar surface area (TPSA) is 59.4 Å². The van der Waals surface area contributed by atoms with E-state index < -0.39 is 0 Å². The number of hydrogen-bond acceptors (Lipinski definition) is 5. The molecule has 0 radical (unpaired) electrons. The number of benzene rings is 1. The van der Waals surface area contributed by atoms with E-state index in [1.54, 1.807) is 18.2 Å². The van der Waals surface area contributed by atoms with E-state index in [1.165, 1.54) is 4.68 Å². The highest BCUT2D eigenvalue weighted by molar-refractivity contribution is 6.32. The van der Waals surface area contributed by atoms with Gasteiger partial charge < -0.3 is 15.0 Å². The van der Waals surface area contributed by atoms with Gasteiger partial charge in [0.25, 0.3) is 5.56 Å². The fourth-order valence-electron chi connectivity index (χ4n) is 2.67. The third-order valence-electron chi connectivity index (χ3n) is 3.89. The molecule has 0 bridgehead atoms. The molecule has 1 aliphatic heterocycles. The fraction of sp³-hybridized carbons (Fsp3) is 0.412. The Morgan fingerprint density at radius 3 is 2.75 bits per heavy atom. The molecule has 6 nitrogen and oxygen atoms in total. The molecule has 0 saturated carbocycles. The lowest BCUT2D eigenvalue weighted by atomic mass is 10.3. The molecule has 128 valence electrons. The lowest BCUT2D eigenvalue weighted by molar-refractivity contribution is 0.191. The summed E-state index contributed by atoms with van der Waals surface area (Å²) in [7, 11) is 0. The predicted molar refractivity (Wildman–Crippen MR) is 95.1 cm³/mol. The van der Waals surface area contributed by atoms with Crippen molar-refractivity contribution < 1.29 is 4.74 Å². The first-order chi connectivity index (χ1) is 11.6. The molecule has 1 aliphatic rings. The van der Waals surface area contributed by atoms with Gasteiger partial charge in [-0.05, 0) is 25.1 Å². The van der Waals surface area contributed by atoms with E-state index >= 15 is 0 Å². The number of ether oxygens (including phenoxy) is 1. The van der Waals surface area contributed by atoms with Gasteiger partial charge in [0.1, 0.15) is 17.7 Å². The van der Waals surface area contributed by atoms with Crippen LogP contribution in [-0.2, 0) is 6.54 Å². The Kier molecular flexibility index (Phi) is 5.37. The fourth-order valence-corrected chi connectivity index (χ4v) is 2.85. The summed E-state index contributed by atoms with van der Waals surface area (Å²) < 4.78 is 7.29. The maximum absolute atomic E-state index is 12.1. The highest BCUT2D eigenvalue weighted by Gasteiger charge is 2.14. The van der Waals surface area contributed by atoms with E-state index in [1.807, 2.05) is 25.1 Å². The highest BCUT2D eigenvalue weighted by Crippen LogP contribution is 2.24. The second-order valence-electron chi connectivity index (χ2n) is 5.81. The van der Waals surface area contributed by atoms with E-state index in [0.717, 1.165) is 32.0 Å². The first kappa shape index (κ1) is 16.8. The van der Waals surface area contributed by atoms with E-state index in [9.17, 15) is 4.79 Å². The van der Waals surface area contributed by atoms with Crippen molar-refractivity contribution in [2.24, 2.45) is 0 Å². The number of anilines is 1. The van der Waals surface area contributed by atoms with Gasteiger partial charge in [-0.25, -0.2) is 4.68 Å². The maximum atomic E-state index is 12.1. The second-order valence-corrected chi connectivity index (χ2v) is 6.22. The van der Waals surface area contributed by atoms with Gasteiger partial charge in [-0.3, -0.25) is 4.79 Å². The molecule has 0 unspecified atom stereocenters. The Labute approximate surface area is 146 Å². The molecule has 2 heterocycles. The minimum absolute atomic E-state index is 0.136. The average molecular weight is 349 g/mol. The number of halogens is 1. The Morgan fingerprint density at radius 2 is 2.00 bits per heavy atom. The molecule has 1 atom stereocenters. The van der Waals surface area contributed by atoms with Gasteiger partial charge in [0.05, 0.1) is 11.6 Å². The summed E-state index contributed by atoms with van der Waals surface area (Å²) in [6.45, 7) is 5.88. The molecular formula is C17H21ClN4O2. The zero-order chi connectivity index (χ0) is 16.9. The van der Waals surface area contributed by atoms with Crippen molar-refractivity contribution in [1.82, 2.24) is 15.1 Å². The van der Waals surface area contributed by atoms with Gasteiger partial charge in [0.15, 0.2) is 0 Å². The van der Waals surface area contributed by atoms with Crippen molar-refractivity contribution in [3.8, 4) is 5.75 Å². The van der Waals surface area contributed by atoms with Crippen molar-refractivity contribution >= 4 is 17.4 Å². The summed E-state index contributed by atoms with van der Waals surface area (Å²) in [6.07, 6.45) is -0.228. The van der Waals surface area contributed by atoms with E-state index in [0.29, 0.717) is 17.3 Å². The van der Waals surface area contributed by atoms with E-state index in [2.05, 4.69) is 15.3 Å². The Bertz CT molecular complexity index is 743. The van der Waals surface area contributed by atoms with Crippen molar-refractivity contribution in [3.63, 3.8) is 0 Å². The van der Waals surface area contributed by atoms with Crippen LogP contribution in [0.4, 0.5) is 5.82 Å². The van der Waals surface area contributed by atoms with Crippen LogP contribution in [0.5, 0.6) is 5.75 Å². The van der Waals surface area contributed by atoms with Gasteiger partial charge in [-0.2, -0.15) is 5.10 Å². The molecule has 0 amide bonds. The standard InChI is InChI=1S/C17H21ClN4O2/c1-13(24-15-5-3-2-4-14(15)18)12-22-17(23)7-6-16(20-22)21-10-8-19-9-11-21/h2-7,13,19H,8-12H2,1H3/t13-/m0/s1. The maximum Gasteiger partial charge on any atom is 0.266 e. The van der Waals surface area contributed by atoms with Gasteiger partial charge in [0, 0.05) is 32.2 Å². The summed E-state index contributed by atoms with van der Waals surface area (Å²) >= 11 is 6.11. The van der Waals surface area contributed by atoms with Crippen LogP contribution in [0.25, 0.3) is 0 Å². The number of piperazine rings is 1. The van der Waals surface area contributed by atoms with Gasteiger partial charge >= 0.3 is 0 Å². The minimum Gasteiger partial charge on any atom is -0.487 e. The minimum atomic E-state index is -0.228. The largest absolute Gasteiger partial charge is 0.487 e. The first-order valence-electron chi connectivity index (χ1n) is 8.08. The van der Waals surface area contributed by atoms with Crippen molar-refractivity contribution in [2.75, 3.05) is 31.1 Å². The Morgan fingerprint density at radius 1 is 1.25 bits per heavy atom. The number of para-hydroxylation sites is 1. The number of nitrogens with one attached hydrogen (secondary N) is 1. The number of rotatable bonds is 5. The van der Waals surface area contributed by atoms with Crippen LogP contribution in [0.1, 0.15) is 6.92 Å². The van der Waals surface area contributed by atoms with Crippen molar-refractivity contribution in [3.05, 3.63) is 51.8 Å². The summed E-state index contributed by atoms with van der Waals surface area (Å²) in [4.78, 5) is 14.3. The van der Waals surface area contributed by atoms with Crippen LogP contribution in [0.3, 0.4) is 0 Å². The molecule has 24 heavy (non-hydrogen) atoms. The van der Waals surface area contributed by atoms with Gasteiger partial charge in [-0.1, -0.05) is 23.7 Å². The smallest absolute Gasteiger partial charge is 0.266 e. The predicted octanol–water partition coefficient (Wildman–Crippen LogP) is 1.77. The summed E-state index contributed by atoms with van der Waals surface area (Å²) in [6, 6.07) is 10.6.